The van der Waals surface area contributed by atoms with Gasteiger partial charge in [-0.3, -0.25) is 0 Å². The fraction of sp³-hybridized carbons (Fsp3) is 0.750. The fourth-order valence-corrected chi connectivity index (χ4v) is 2.52. The molecule has 1 atom stereocenters. The fourth-order valence-electron chi connectivity index (χ4n) is 1.17. The Kier molecular flexibility index (Phi) is 3.99. The number of likely N-dealkylation sites (tertiary alicyclic amines) is 1. The van der Waals surface area contributed by atoms with Crippen molar-refractivity contribution in [2.45, 2.75) is 25.0 Å². The minimum atomic E-state index is -1.05. The molecule has 0 spiro atoms. The Balaban J connectivity index is 2.35. The highest BCUT2D eigenvalue weighted by atomic mass is 32.2. The zero-order valence-corrected chi connectivity index (χ0v) is 9.12. The quantitative estimate of drug-likeness (QED) is 0.621. The topological polar surface area (TPSA) is 43.4 Å². The third-order valence-electron chi connectivity index (χ3n) is 1.97. The number of carbonyl (C=O) groups is 1. The van der Waals surface area contributed by atoms with Crippen LogP contribution < -0.4 is 5.11 Å². The Morgan fingerprint density at radius 2 is 2.08 bits per heavy atom. The monoisotopic (exact) mass is 218 g/mol. The molecule has 1 heterocycles. The molecule has 0 aromatic carbocycles. The third kappa shape index (κ3) is 3.15. The summed E-state index contributed by atoms with van der Waals surface area (Å²) in [5.74, 6) is -1.05. The van der Waals surface area contributed by atoms with E-state index in [2.05, 4.69) is 4.90 Å². The van der Waals surface area contributed by atoms with Crippen molar-refractivity contribution in [2.75, 3.05) is 13.1 Å². The smallest absolute Gasteiger partial charge is 0.137 e. The second-order valence-corrected chi connectivity index (χ2v) is 5.01. The maximum atomic E-state index is 10.4. The number of aliphatic carboxylic acids is 1. The Hall–Kier alpha value is -0.290. The van der Waals surface area contributed by atoms with Gasteiger partial charge >= 0.3 is 0 Å². The van der Waals surface area contributed by atoms with Gasteiger partial charge in [0.05, 0.1) is 5.97 Å². The van der Waals surface area contributed by atoms with E-state index in [9.17, 15) is 9.90 Å². The van der Waals surface area contributed by atoms with Gasteiger partial charge in [-0.25, -0.2) is 0 Å². The molecule has 1 aliphatic rings. The van der Waals surface area contributed by atoms with Crippen molar-refractivity contribution in [1.29, 1.82) is 0 Å². The number of thioether (sulfide) groups is 1. The van der Waals surface area contributed by atoms with Crippen molar-refractivity contribution >= 4 is 34.3 Å². The van der Waals surface area contributed by atoms with E-state index in [1.807, 2.05) is 0 Å². The van der Waals surface area contributed by atoms with E-state index in [1.54, 1.807) is 6.92 Å². The third-order valence-corrected chi connectivity index (χ3v) is 3.53. The van der Waals surface area contributed by atoms with Gasteiger partial charge in [0, 0.05) is 18.3 Å². The Morgan fingerprint density at radius 1 is 1.54 bits per heavy atom. The summed E-state index contributed by atoms with van der Waals surface area (Å²) in [7, 11) is 0. The minimum Gasteiger partial charge on any atom is -0.549 e. The first-order chi connectivity index (χ1) is 6.11. The maximum Gasteiger partial charge on any atom is 0.137 e. The molecule has 3 nitrogen and oxygen atoms in total. The van der Waals surface area contributed by atoms with Gasteiger partial charge in [-0.2, -0.15) is 0 Å². The number of thiocarbonyl (C=S) groups is 1. The lowest BCUT2D eigenvalue weighted by Crippen LogP contribution is -2.34. The summed E-state index contributed by atoms with van der Waals surface area (Å²) < 4.78 is 0.689. The van der Waals surface area contributed by atoms with Crippen LogP contribution in [0, 0.1) is 0 Å². The number of carboxylic acids is 1. The zero-order valence-electron chi connectivity index (χ0n) is 7.49. The first-order valence-corrected chi connectivity index (χ1v) is 5.56. The molecular weight excluding hydrogens is 206 g/mol. The second-order valence-electron chi connectivity index (χ2n) is 3.04. The second kappa shape index (κ2) is 4.81. The van der Waals surface area contributed by atoms with Gasteiger partial charge in [0.1, 0.15) is 4.32 Å². The van der Waals surface area contributed by atoms with Gasteiger partial charge in [0.25, 0.3) is 0 Å². The van der Waals surface area contributed by atoms with Crippen molar-refractivity contribution < 1.29 is 9.90 Å². The molecule has 1 rings (SSSR count). The lowest BCUT2D eigenvalue weighted by atomic mass is 10.4. The summed E-state index contributed by atoms with van der Waals surface area (Å²) in [6.45, 7) is 3.53. The van der Waals surface area contributed by atoms with Gasteiger partial charge < -0.3 is 14.8 Å². The molecule has 1 saturated heterocycles. The van der Waals surface area contributed by atoms with Gasteiger partial charge in [0.15, 0.2) is 0 Å². The van der Waals surface area contributed by atoms with Gasteiger partial charge in [0.2, 0.25) is 0 Å². The highest BCUT2D eigenvalue weighted by Crippen LogP contribution is 2.19. The van der Waals surface area contributed by atoms with Crippen LogP contribution in [-0.2, 0) is 4.79 Å². The molecule has 0 N–H and O–H groups in total. The van der Waals surface area contributed by atoms with E-state index in [4.69, 9.17) is 12.2 Å². The normalized spacial score (nSPS) is 18.7. The molecule has 13 heavy (non-hydrogen) atoms. The van der Waals surface area contributed by atoms with Crippen LogP contribution in [0.25, 0.3) is 0 Å². The average molecular weight is 218 g/mol. The van der Waals surface area contributed by atoms with Crippen LogP contribution in [-0.4, -0.2) is 33.5 Å². The van der Waals surface area contributed by atoms with Crippen LogP contribution in [0.2, 0.25) is 0 Å². The highest BCUT2D eigenvalue weighted by Gasteiger charge is 2.17. The van der Waals surface area contributed by atoms with E-state index in [1.165, 1.54) is 11.8 Å². The van der Waals surface area contributed by atoms with Crippen molar-refractivity contribution in [3.63, 3.8) is 0 Å². The Bertz CT molecular complexity index is 214. The zero-order chi connectivity index (χ0) is 9.84. The molecule has 0 aromatic heterocycles. The molecule has 0 unspecified atom stereocenters. The molecule has 0 aromatic rings. The van der Waals surface area contributed by atoms with Crippen LogP contribution in [0.4, 0.5) is 0 Å². The van der Waals surface area contributed by atoms with Gasteiger partial charge in [-0.15, -0.1) is 0 Å². The summed E-state index contributed by atoms with van der Waals surface area (Å²) in [6.07, 6.45) is 2.31. The SMILES string of the molecule is C[C@H](SC(=S)N1CCCC1)C(=O)[O-]. The minimum absolute atomic E-state index is 0.548. The van der Waals surface area contributed by atoms with Crippen LogP contribution in [0.5, 0.6) is 0 Å². The molecule has 1 aliphatic heterocycles. The Labute approximate surface area is 87.5 Å². The van der Waals surface area contributed by atoms with E-state index in [0.29, 0.717) is 4.32 Å². The van der Waals surface area contributed by atoms with Crippen LogP contribution in [0.15, 0.2) is 0 Å². The first-order valence-electron chi connectivity index (χ1n) is 4.27. The molecule has 0 saturated carbocycles. The Morgan fingerprint density at radius 3 is 2.54 bits per heavy atom. The van der Waals surface area contributed by atoms with Gasteiger partial charge in [-0.1, -0.05) is 24.0 Å². The summed E-state index contributed by atoms with van der Waals surface area (Å²) in [4.78, 5) is 12.5. The molecule has 0 amide bonds. The van der Waals surface area contributed by atoms with Crippen molar-refractivity contribution in [2.24, 2.45) is 0 Å². The molecule has 74 valence electrons. The molecular formula is C8H12NO2S2-. The van der Waals surface area contributed by atoms with E-state index < -0.39 is 11.2 Å². The van der Waals surface area contributed by atoms with Crippen molar-refractivity contribution in [1.82, 2.24) is 4.90 Å². The standard InChI is InChI=1S/C8H13NO2S2/c1-6(7(10)11)13-8(12)9-4-2-3-5-9/h6H,2-5H2,1H3,(H,10,11)/p-1/t6-/m0/s1. The largest absolute Gasteiger partial charge is 0.549 e. The number of hydrogen-bond donors (Lipinski definition) is 0. The lowest BCUT2D eigenvalue weighted by molar-refractivity contribution is -0.304. The lowest BCUT2D eigenvalue weighted by Gasteiger charge is -2.20. The number of rotatable bonds is 2. The van der Waals surface area contributed by atoms with Crippen LogP contribution in [0.1, 0.15) is 19.8 Å². The predicted octanol–water partition coefficient (Wildman–Crippen LogP) is 0.239. The number of hydrogen-bond acceptors (Lipinski definition) is 4. The van der Waals surface area contributed by atoms with Crippen LogP contribution >= 0.6 is 24.0 Å². The highest BCUT2D eigenvalue weighted by molar-refractivity contribution is 8.23. The molecule has 0 bridgehead atoms. The maximum absolute atomic E-state index is 10.4. The van der Waals surface area contributed by atoms with Crippen LogP contribution in [0.3, 0.4) is 0 Å². The van der Waals surface area contributed by atoms with Crippen molar-refractivity contribution in [3.8, 4) is 0 Å². The number of carbonyl (C=O) groups excluding carboxylic acids is 1. The molecule has 5 heteroatoms. The van der Waals surface area contributed by atoms with E-state index in [-0.39, 0.29) is 0 Å². The summed E-state index contributed by atoms with van der Waals surface area (Å²) in [5.41, 5.74) is 0. The van der Waals surface area contributed by atoms with E-state index in [0.717, 1.165) is 25.9 Å². The number of nitrogens with zero attached hydrogens (tertiary/aromatic N) is 1. The number of carboxylic acid groups (broad SMARTS) is 1. The van der Waals surface area contributed by atoms with Gasteiger partial charge in [-0.05, 0) is 19.8 Å². The predicted molar refractivity (Wildman–Crippen MR) is 55.5 cm³/mol. The molecule has 0 radical (unpaired) electrons. The average Bonchev–Trinajstić information content (AvgIpc) is 2.55. The molecule has 1 fully saturated rings. The van der Waals surface area contributed by atoms with E-state index >= 15 is 0 Å². The van der Waals surface area contributed by atoms with Crippen molar-refractivity contribution in [3.05, 3.63) is 0 Å². The first kappa shape index (κ1) is 10.8. The molecule has 0 aliphatic carbocycles. The summed E-state index contributed by atoms with van der Waals surface area (Å²) in [5, 5.41) is 9.89. The summed E-state index contributed by atoms with van der Waals surface area (Å²) in [6, 6.07) is 0. The summed E-state index contributed by atoms with van der Waals surface area (Å²) >= 11 is 6.31.